The Labute approximate surface area is 264 Å². The highest BCUT2D eigenvalue weighted by Crippen LogP contribution is 2.48. The van der Waals surface area contributed by atoms with E-state index in [0.29, 0.717) is 19.6 Å². The van der Waals surface area contributed by atoms with Crippen molar-refractivity contribution in [1.82, 2.24) is 4.90 Å². The van der Waals surface area contributed by atoms with Crippen molar-refractivity contribution in [2.24, 2.45) is 5.41 Å². The number of carbonyl (C=O) groups is 2. The number of carbonyl (C=O) groups excluding carboxylic acids is 2. The highest BCUT2D eigenvalue weighted by molar-refractivity contribution is 5.84. The fourth-order valence-electron chi connectivity index (χ4n) is 6.79. The molecule has 3 atom stereocenters. The predicted molar refractivity (Wildman–Crippen MR) is 170 cm³/mol. The molecule has 0 radical (unpaired) electrons. The summed E-state index contributed by atoms with van der Waals surface area (Å²) in [7, 11) is 1.35. The van der Waals surface area contributed by atoms with Crippen molar-refractivity contribution in [2.45, 2.75) is 50.2 Å². The average Bonchev–Trinajstić information content (AvgIpc) is 3.42. The minimum atomic E-state index is -0.976. The van der Waals surface area contributed by atoms with Crippen molar-refractivity contribution in [3.05, 3.63) is 144 Å². The lowest BCUT2D eigenvalue weighted by Crippen LogP contribution is -2.54. The SMILES string of the molecule is COC(=O)[C@@H](N1C(=O)O[C@H](c2ccccc2)[C@@H]1c1ccccc1)C(C)(C)CC1OCC(c2ccccc2)(c2ccccc2)CO1. The van der Waals surface area contributed by atoms with Gasteiger partial charge < -0.3 is 18.9 Å². The first-order valence-corrected chi connectivity index (χ1v) is 15.3. The molecule has 45 heavy (non-hydrogen) atoms. The molecule has 2 aliphatic rings. The largest absolute Gasteiger partial charge is 0.467 e. The second kappa shape index (κ2) is 12.9. The van der Waals surface area contributed by atoms with Crippen molar-refractivity contribution in [1.29, 1.82) is 0 Å². The minimum Gasteiger partial charge on any atom is -0.467 e. The smallest absolute Gasteiger partial charge is 0.411 e. The van der Waals surface area contributed by atoms with E-state index >= 15 is 0 Å². The van der Waals surface area contributed by atoms with Gasteiger partial charge in [0.2, 0.25) is 0 Å². The molecule has 2 aliphatic heterocycles. The van der Waals surface area contributed by atoms with Gasteiger partial charge in [-0.2, -0.15) is 0 Å². The fraction of sp³-hybridized carbons (Fsp3) is 0.316. The third kappa shape index (κ3) is 5.98. The lowest BCUT2D eigenvalue weighted by Gasteiger charge is -2.45. The molecule has 2 saturated heterocycles. The molecule has 0 bridgehead atoms. The van der Waals surface area contributed by atoms with Crippen LogP contribution in [0.4, 0.5) is 4.79 Å². The number of nitrogens with zero attached hydrogens (tertiary/aromatic N) is 1. The van der Waals surface area contributed by atoms with Gasteiger partial charge in [-0.3, -0.25) is 4.90 Å². The second-order valence-corrected chi connectivity index (χ2v) is 12.5. The summed E-state index contributed by atoms with van der Waals surface area (Å²) < 4.78 is 24.4. The summed E-state index contributed by atoms with van der Waals surface area (Å²) >= 11 is 0. The van der Waals surface area contributed by atoms with Crippen LogP contribution in [0.3, 0.4) is 0 Å². The highest BCUT2D eigenvalue weighted by atomic mass is 16.7. The maximum Gasteiger partial charge on any atom is 0.411 e. The van der Waals surface area contributed by atoms with Crippen LogP contribution >= 0.6 is 0 Å². The van der Waals surface area contributed by atoms with Gasteiger partial charge in [0.05, 0.1) is 25.7 Å². The molecule has 0 aliphatic carbocycles. The van der Waals surface area contributed by atoms with Crippen LogP contribution < -0.4 is 0 Å². The van der Waals surface area contributed by atoms with Crippen LogP contribution in [-0.4, -0.2) is 49.6 Å². The lowest BCUT2D eigenvalue weighted by molar-refractivity contribution is -0.218. The molecular weight excluding hydrogens is 566 g/mol. The van der Waals surface area contributed by atoms with E-state index in [0.717, 1.165) is 22.3 Å². The van der Waals surface area contributed by atoms with Crippen molar-refractivity contribution in [3.63, 3.8) is 0 Å². The van der Waals surface area contributed by atoms with E-state index in [1.54, 1.807) is 4.90 Å². The number of hydrogen-bond acceptors (Lipinski definition) is 6. The number of hydrogen-bond donors (Lipinski definition) is 0. The van der Waals surface area contributed by atoms with Crippen LogP contribution in [0.2, 0.25) is 0 Å². The Morgan fingerprint density at radius 2 is 1.27 bits per heavy atom. The Balaban J connectivity index is 1.29. The van der Waals surface area contributed by atoms with Crippen LogP contribution in [0.5, 0.6) is 0 Å². The molecule has 6 rings (SSSR count). The number of benzene rings is 4. The molecule has 232 valence electrons. The number of amides is 1. The van der Waals surface area contributed by atoms with E-state index in [2.05, 4.69) is 24.3 Å². The Hall–Kier alpha value is -4.46. The number of methoxy groups -OCH3 is 1. The predicted octanol–water partition coefficient (Wildman–Crippen LogP) is 7.24. The molecule has 0 unspecified atom stereocenters. The van der Waals surface area contributed by atoms with E-state index < -0.39 is 47.4 Å². The van der Waals surface area contributed by atoms with Gasteiger partial charge in [0, 0.05) is 11.8 Å². The monoisotopic (exact) mass is 605 g/mol. The Morgan fingerprint density at radius 3 is 1.76 bits per heavy atom. The maximum atomic E-state index is 13.8. The van der Waals surface area contributed by atoms with Gasteiger partial charge in [0.1, 0.15) is 12.1 Å². The zero-order chi connectivity index (χ0) is 31.4. The molecule has 4 aromatic rings. The van der Waals surface area contributed by atoms with E-state index in [4.69, 9.17) is 18.9 Å². The zero-order valence-electron chi connectivity index (χ0n) is 25.9. The Kier molecular flexibility index (Phi) is 8.74. The molecule has 7 heteroatoms. The second-order valence-electron chi connectivity index (χ2n) is 12.5. The van der Waals surface area contributed by atoms with E-state index in [9.17, 15) is 9.59 Å². The van der Waals surface area contributed by atoms with E-state index in [1.165, 1.54) is 7.11 Å². The summed E-state index contributed by atoms with van der Waals surface area (Å²) in [5, 5.41) is 0. The molecule has 7 nitrogen and oxygen atoms in total. The molecule has 2 fully saturated rings. The number of esters is 1. The van der Waals surface area contributed by atoms with Crippen molar-refractivity contribution in [2.75, 3.05) is 20.3 Å². The first kappa shape index (κ1) is 30.6. The highest BCUT2D eigenvalue weighted by Gasteiger charge is 2.54. The molecule has 0 N–H and O–H groups in total. The van der Waals surface area contributed by atoms with Crippen molar-refractivity contribution in [3.8, 4) is 0 Å². The normalized spacial score (nSPS) is 20.8. The van der Waals surface area contributed by atoms with Crippen LogP contribution in [0, 0.1) is 5.41 Å². The van der Waals surface area contributed by atoms with Gasteiger partial charge in [-0.05, 0) is 22.3 Å². The standard InChI is InChI=1S/C38H39NO6/c1-37(2,24-31-43-25-38(26-44-31,29-20-12-6-13-21-29)30-22-14-7-15-23-30)34(35(40)42-3)39-32(27-16-8-4-9-17-27)33(45-36(39)41)28-18-10-5-11-19-28/h4-23,31-34H,24-26H2,1-3H3/t32-,33+,34+/m0/s1. The van der Waals surface area contributed by atoms with Gasteiger partial charge in [0.15, 0.2) is 12.4 Å². The van der Waals surface area contributed by atoms with Crippen LogP contribution in [0.15, 0.2) is 121 Å². The first-order chi connectivity index (χ1) is 21.8. The maximum absolute atomic E-state index is 13.8. The van der Waals surface area contributed by atoms with Crippen molar-refractivity contribution < 1.29 is 28.5 Å². The van der Waals surface area contributed by atoms with Gasteiger partial charge in [-0.1, -0.05) is 135 Å². The molecular formula is C38H39NO6. The van der Waals surface area contributed by atoms with Crippen LogP contribution in [0.1, 0.15) is 54.7 Å². The van der Waals surface area contributed by atoms with Crippen LogP contribution in [0.25, 0.3) is 0 Å². The summed E-state index contributed by atoms with van der Waals surface area (Å²) in [5.41, 5.74) is 2.63. The summed E-state index contributed by atoms with van der Waals surface area (Å²) in [4.78, 5) is 29.0. The Morgan fingerprint density at radius 1 is 0.800 bits per heavy atom. The summed E-state index contributed by atoms with van der Waals surface area (Å²) in [6.45, 7) is 4.70. The van der Waals surface area contributed by atoms with Gasteiger partial charge in [-0.25, -0.2) is 9.59 Å². The third-order valence-electron chi connectivity index (χ3n) is 9.11. The molecule has 1 amide bonds. The van der Waals surface area contributed by atoms with Gasteiger partial charge >= 0.3 is 12.1 Å². The number of ether oxygens (including phenoxy) is 4. The third-order valence-corrected chi connectivity index (χ3v) is 9.11. The number of cyclic esters (lactones) is 1. The van der Waals surface area contributed by atoms with Gasteiger partial charge in [0.25, 0.3) is 0 Å². The quantitative estimate of drug-likeness (QED) is 0.187. The number of rotatable bonds is 9. The molecule has 0 aromatic heterocycles. The lowest BCUT2D eigenvalue weighted by atomic mass is 9.74. The van der Waals surface area contributed by atoms with E-state index in [-0.39, 0.29) is 0 Å². The van der Waals surface area contributed by atoms with E-state index in [1.807, 2.05) is 111 Å². The summed E-state index contributed by atoms with van der Waals surface area (Å²) in [6, 6.07) is 38.3. The molecule has 4 aromatic carbocycles. The van der Waals surface area contributed by atoms with Crippen molar-refractivity contribution >= 4 is 12.1 Å². The molecule has 0 spiro atoms. The molecule has 2 heterocycles. The minimum absolute atomic E-state index is 0.341. The average molecular weight is 606 g/mol. The fourth-order valence-corrected chi connectivity index (χ4v) is 6.79. The Bertz CT molecular complexity index is 1530. The first-order valence-electron chi connectivity index (χ1n) is 15.3. The summed E-state index contributed by atoms with van der Waals surface area (Å²) in [5.74, 6) is -0.523. The van der Waals surface area contributed by atoms with Gasteiger partial charge in [-0.15, -0.1) is 0 Å². The topological polar surface area (TPSA) is 74.3 Å². The summed E-state index contributed by atoms with van der Waals surface area (Å²) in [6.07, 6.45) is -1.44. The molecule has 0 saturated carbocycles. The van der Waals surface area contributed by atoms with Crippen LogP contribution in [-0.2, 0) is 29.2 Å². The zero-order valence-corrected chi connectivity index (χ0v) is 25.9.